The molecule has 2 rings (SSSR count). The van der Waals surface area contributed by atoms with E-state index in [2.05, 4.69) is 34.6 Å². The maximum Gasteiger partial charge on any atom is 0.319 e. The third kappa shape index (κ3) is 3.70. The van der Waals surface area contributed by atoms with Gasteiger partial charge in [-0.3, -0.25) is 4.98 Å². The van der Waals surface area contributed by atoms with Crippen molar-refractivity contribution in [3.05, 3.63) is 24.5 Å². The molecule has 1 aromatic rings. The molecule has 1 saturated carbocycles. The minimum atomic E-state index is -0.162. The highest BCUT2D eigenvalue weighted by atomic mass is 16.2. The van der Waals surface area contributed by atoms with Gasteiger partial charge in [-0.1, -0.05) is 19.3 Å². The normalized spacial score (nSPS) is 17.8. The molecule has 0 saturated heterocycles. The number of hydrogen-bond donors (Lipinski definition) is 2. The van der Waals surface area contributed by atoms with Crippen LogP contribution in [0.2, 0.25) is 0 Å². The third-order valence-electron chi connectivity index (χ3n) is 4.23. The van der Waals surface area contributed by atoms with Gasteiger partial charge in [-0.25, -0.2) is 4.79 Å². The summed E-state index contributed by atoms with van der Waals surface area (Å²) in [4.78, 5) is 18.2. The van der Waals surface area contributed by atoms with E-state index in [1.165, 1.54) is 19.3 Å². The number of carbonyl (C=O) groups is 1. The average Bonchev–Trinajstić information content (AvgIpc) is 2.47. The fourth-order valence-corrected chi connectivity index (χ4v) is 2.85. The first-order valence-electron chi connectivity index (χ1n) is 7.25. The summed E-state index contributed by atoms with van der Waals surface area (Å²) in [5.74, 6) is 0. The smallest absolute Gasteiger partial charge is 0.319 e. The number of nitrogens with zero attached hydrogens (tertiary/aromatic N) is 2. The maximum absolute atomic E-state index is 12.0. The van der Waals surface area contributed by atoms with Crippen LogP contribution >= 0.6 is 0 Å². The second kappa shape index (κ2) is 6.70. The predicted octanol–water partition coefficient (Wildman–Crippen LogP) is 2.47. The molecule has 1 aliphatic carbocycles. The Hall–Kier alpha value is -1.62. The van der Waals surface area contributed by atoms with E-state index in [4.69, 9.17) is 0 Å². The molecule has 1 heterocycles. The molecule has 0 aliphatic heterocycles. The van der Waals surface area contributed by atoms with Crippen molar-refractivity contribution in [2.75, 3.05) is 26.0 Å². The van der Waals surface area contributed by atoms with Gasteiger partial charge in [-0.05, 0) is 39.1 Å². The van der Waals surface area contributed by atoms with Crippen LogP contribution < -0.4 is 10.6 Å². The van der Waals surface area contributed by atoms with Gasteiger partial charge < -0.3 is 15.5 Å². The van der Waals surface area contributed by atoms with Gasteiger partial charge in [0.25, 0.3) is 0 Å². The van der Waals surface area contributed by atoms with Gasteiger partial charge >= 0.3 is 6.03 Å². The summed E-state index contributed by atoms with van der Waals surface area (Å²) in [6.45, 7) is 0.687. The molecular formula is C15H24N4O. The van der Waals surface area contributed by atoms with E-state index in [0.29, 0.717) is 12.2 Å². The second-order valence-corrected chi connectivity index (χ2v) is 5.73. The summed E-state index contributed by atoms with van der Waals surface area (Å²) in [6, 6.07) is 3.47. The number of urea groups is 1. The van der Waals surface area contributed by atoms with Crippen molar-refractivity contribution in [3.63, 3.8) is 0 Å². The van der Waals surface area contributed by atoms with Crippen LogP contribution in [0.5, 0.6) is 0 Å². The SMILES string of the molecule is CN(C)C1(CNC(=O)Nc2cccnc2)CCCCC1. The molecule has 1 aliphatic rings. The second-order valence-electron chi connectivity index (χ2n) is 5.73. The van der Waals surface area contributed by atoms with Crippen LogP contribution in [0.25, 0.3) is 0 Å². The van der Waals surface area contributed by atoms with E-state index >= 15 is 0 Å². The molecule has 2 N–H and O–H groups in total. The number of anilines is 1. The Morgan fingerprint density at radius 2 is 2.10 bits per heavy atom. The monoisotopic (exact) mass is 276 g/mol. The van der Waals surface area contributed by atoms with Crippen molar-refractivity contribution >= 4 is 11.7 Å². The predicted molar refractivity (Wildman–Crippen MR) is 80.8 cm³/mol. The Balaban J connectivity index is 1.88. The number of rotatable bonds is 4. The molecule has 1 aromatic heterocycles. The molecule has 1 fully saturated rings. The maximum atomic E-state index is 12.0. The van der Waals surface area contributed by atoms with Crippen LogP contribution in [0.3, 0.4) is 0 Å². The van der Waals surface area contributed by atoms with E-state index in [1.54, 1.807) is 18.5 Å². The molecule has 0 spiro atoms. The van der Waals surface area contributed by atoms with Crippen LogP contribution in [-0.2, 0) is 0 Å². The Morgan fingerprint density at radius 1 is 1.35 bits per heavy atom. The number of pyridine rings is 1. The van der Waals surface area contributed by atoms with Gasteiger partial charge in [0.2, 0.25) is 0 Å². The van der Waals surface area contributed by atoms with Gasteiger partial charge in [0.15, 0.2) is 0 Å². The summed E-state index contributed by atoms with van der Waals surface area (Å²) in [5, 5.41) is 5.81. The van der Waals surface area contributed by atoms with Crippen molar-refractivity contribution in [2.24, 2.45) is 0 Å². The molecule has 5 nitrogen and oxygen atoms in total. The van der Waals surface area contributed by atoms with Crippen LogP contribution in [-0.4, -0.2) is 42.1 Å². The van der Waals surface area contributed by atoms with Crippen molar-refractivity contribution in [1.82, 2.24) is 15.2 Å². The van der Waals surface area contributed by atoms with Gasteiger partial charge in [0.05, 0.1) is 11.9 Å². The molecule has 0 radical (unpaired) electrons. The number of amides is 2. The summed E-state index contributed by atoms with van der Waals surface area (Å²) in [5.41, 5.74) is 0.817. The first-order chi connectivity index (χ1) is 9.62. The molecule has 0 unspecified atom stereocenters. The Kier molecular flexibility index (Phi) is 4.95. The Bertz CT molecular complexity index is 427. The number of likely N-dealkylation sites (N-methyl/N-ethyl adjacent to an activating group) is 1. The summed E-state index contributed by atoms with van der Waals surface area (Å²) in [6.07, 6.45) is 9.40. The molecule has 110 valence electrons. The Morgan fingerprint density at radius 3 is 2.70 bits per heavy atom. The van der Waals surface area contributed by atoms with E-state index in [0.717, 1.165) is 12.8 Å². The van der Waals surface area contributed by atoms with Gasteiger partial charge in [0, 0.05) is 18.3 Å². The topological polar surface area (TPSA) is 57.3 Å². The zero-order chi connectivity index (χ0) is 14.4. The van der Waals surface area contributed by atoms with Gasteiger partial charge in [0.1, 0.15) is 0 Å². The largest absolute Gasteiger partial charge is 0.336 e. The molecular weight excluding hydrogens is 252 g/mol. The van der Waals surface area contributed by atoms with E-state index in [-0.39, 0.29) is 11.6 Å². The molecule has 0 bridgehead atoms. The molecule has 20 heavy (non-hydrogen) atoms. The van der Waals surface area contributed by atoms with Crippen LogP contribution in [0.15, 0.2) is 24.5 Å². The van der Waals surface area contributed by atoms with Crippen molar-refractivity contribution in [1.29, 1.82) is 0 Å². The highest BCUT2D eigenvalue weighted by molar-refractivity contribution is 5.88. The molecule has 2 amide bonds. The lowest BCUT2D eigenvalue weighted by Gasteiger charge is -2.43. The lowest BCUT2D eigenvalue weighted by Crippen LogP contribution is -2.54. The highest BCUT2D eigenvalue weighted by Crippen LogP contribution is 2.31. The minimum Gasteiger partial charge on any atom is -0.336 e. The zero-order valence-electron chi connectivity index (χ0n) is 12.4. The lowest BCUT2D eigenvalue weighted by molar-refractivity contribution is 0.101. The van der Waals surface area contributed by atoms with E-state index in [1.807, 2.05) is 6.07 Å². The Labute approximate surface area is 120 Å². The van der Waals surface area contributed by atoms with Crippen molar-refractivity contribution < 1.29 is 4.79 Å². The average molecular weight is 276 g/mol. The fraction of sp³-hybridized carbons (Fsp3) is 0.600. The third-order valence-corrected chi connectivity index (χ3v) is 4.23. The van der Waals surface area contributed by atoms with Crippen molar-refractivity contribution in [3.8, 4) is 0 Å². The summed E-state index contributed by atoms with van der Waals surface area (Å²) >= 11 is 0. The minimum absolute atomic E-state index is 0.102. The standard InChI is InChI=1S/C15H24N4O/c1-19(2)15(8-4-3-5-9-15)12-17-14(20)18-13-7-6-10-16-11-13/h6-7,10-11H,3-5,8-9,12H2,1-2H3,(H2,17,18,20). The lowest BCUT2D eigenvalue weighted by atomic mass is 9.80. The zero-order valence-corrected chi connectivity index (χ0v) is 12.4. The highest BCUT2D eigenvalue weighted by Gasteiger charge is 2.34. The summed E-state index contributed by atoms with van der Waals surface area (Å²) in [7, 11) is 4.21. The van der Waals surface area contributed by atoms with Gasteiger partial charge in [-0.15, -0.1) is 0 Å². The number of aromatic nitrogens is 1. The molecule has 5 heteroatoms. The van der Waals surface area contributed by atoms with Crippen LogP contribution in [0.1, 0.15) is 32.1 Å². The molecule has 0 aromatic carbocycles. The first-order valence-corrected chi connectivity index (χ1v) is 7.25. The van der Waals surface area contributed by atoms with E-state index < -0.39 is 0 Å². The number of nitrogens with one attached hydrogen (secondary N) is 2. The van der Waals surface area contributed by atoms with Gasteiger partial charge in [-0.2, -0.15) is 0 Å². The quantitative estimate of drug-likeness (QED) is 0.888. The molecule has 0 atom stereocenters. The van der Waals surface area contributed by atoms with Crippen molar-refractivity contribution in [2.45, 2.75) is 37.6 Å². The number of hydrogen-bond acceptors (Lipinski definition) is 3. The summed E-state index contributed by atoms with van der Waals surface area (Å²) < 4.78 is 0. The van der Waals surface area contributed by atoms with E-state index in [9.17, 15) is 4.79 Å². The van der Waals surface area contributed by atoms with Crippen LogP contribution in [0.4, 0.5) is 10.5 Å². The fourth-order valence-electron chi connectivity index (χ4n) is 2.85. The van der Waals surface area contributed by atoms with Crippen LogP contribution in [0, 0.1) is 0 Å². The first kappa shape index (κ1) is 14.8. The number of carbonyl (C=O) groups excluding carboxylic acids is 1.